The van der Waals surface area contributed by atoms with E-state index in [1.807, 2.05) is 90.1 Å². The lowest BCUT2D eigenvalue weighted by Gasteiger charge is -2.39. The van der Waals surface area contributed by atoms with E-state index in [9.17, 15) is 19.5 Å². The Bertz CT molecular complexity index is 1310. The first-order valence-electron chi connectivity index (χ1n) is 14.8. The van der Waals surface area contributed by atoms with E-state index in [0.717, 1.165) is 16.7 Å². The maximum atomic E-state index is 14.5. The SMILES string of the molecule is CC[C@H](C)[C@H](CO)N1C(=O)[C@@H]2[C@@H](C(=O)NCc3ccccc3)[C@]3(C)OC2(CC3C)C1C(=O)Nc1c(C)cccc1C. The molecule has 2 aromatic rings. The highest BCUT2D eigenvalue weighted by Gasteiger charge is 2.80. The van der Waals surface area contributed by atoms with Crippen LogP contribution in [0.1, 0.15) is 57.2 Å². The van der Waals surface area contributed by atoms with Crippen molar-refractivity contribution in [3.63, 3.8) is 0 Å². The number of nitrogens with one attached hydrogen (secondary N) is 2. The van der Waals surface area contributed by atoms with Crippen molar-refractivity contribution in [2.24, 2.45) is 23.7 Å². The first-order valence-corrected chi connectivity index (χ1v) is 14.8. The Balaban J connectivity index is 1.56. The second kappa shape index (κ2) is 10.9. The number of anilines is 1. The molecule has 3 fully saturated rings. The topological polar surface area (TPSA) is 108 Å². The zero-order valence-corrected chi connectivity index (χ0v) is 24.9. The predicted octanol–water partition coefficient (Wildman–Crippen LogP) is 3.98. The molecule has 0 aliphatic carbocycles. The van der Waals surface area contributed by atoms with Gasteiger partial charge in [-0.25, -0.2) is 0 Å². The molecule has 3 aliphatic rings. The first-order chi connectivity index (χ1) is 19.5. The summed E-state index contributed by atoms with van der Waals surface area (Å²) in [6.45, 7) is 11.9. The van der Waals surface area contributed by atoms with E-state index in [2.05, 4.69) is 10.6 Å². The number of hydrogen-bond acceptors (Lipinski definition) is 5. The molecular formula is C33H43N3O5. The summed E-state index contributed by atoms with van der Waals surface area (Å²) < 4.78 is 6.84. The summed E-state index contributed by atoms with van der Waals surface area (Å²) in [6, 6.07) is 13.9. The van der Waals surface area contributed by atoms with E-state index in [1.165, 1.54) is 0 Å². The van der Waals surface area contributed by atoms with Gasteiger partial charge in [0.05, 0.1) is 30.1 Å². The Hall–Kier alpha value is -3.23. The number of aliphatic hydroxyl groups is 1. The van der Waals surface area contributed by atoms with E-state index in [0.29, 0.717) is 25.1 Å². The molecule has 8 nitrogen and oxygen atoms in total. The number of likely N-dealkylation sites (tertiary alicyclic amines) is 1. The van der Waals surface area contributed by atoms with Crippen LogP contribution in [0.25, 0.3) is 0 Å². The number of amides is 3. The van der Waals surface area contributed by atoms with Crippen molar-refractivity contribution < 1.29 is 24.2 Å². The van der Waals surface area contributed by atoms with Crippen molar-refractivity contribution in [1.29, 1.82) is 0 Å². The maximum absolute atomic E-state index is 14.5. The van der Waals surface area contributed by atoms with E-state index in [-0.39, 0.29) is 36.2 Å². The predicted molar refractivity (Wildman–Crippen MR) is 157 cm³/mol. The van der Waals surface area contributed by atoms with Crippen LogP contribution in [0.3, 0.4) is 0 Å². The fourth-order valence-corrected chi connectivity index (χ4v) is 7.65. The second-order valence-electron chi connectivity index (χ2n) is 12.5. The van der Waals surface area contributed by atoms with Crippen LogP contribution in [-0.2, 0) is 25.7 Å². The summed E-state index contributed by atoms with van der Waals surface area (Å²) in [5, 5.41) is 16.7. The Morgan fingerprint density at radius 1 is 1.10 bits per heavy atom. The van der Waals surface area contributed by atoms with E-state index >= 15 is 0 Å². The van der Waals surface area contributed by atoms with Crippen LogP contribution < -0.4 is 10.6 Å². The van der Waals surface area contributed by atoms with Crippen LogP contribution in [0, 0.1) is 37.5 Å². The molecule has 3 aliphatic heterocycles. The quantitative estimate of drug-likeness (QED) is 0.429. The van der Waals surface area contributed by atoms with Gasteiger partial charge in [0.25, 0.3) is 0 Å². The van der Waals surface area contributed by atoms with Gasteiger partial charge in [-0.3, -0.25) is 14.4 Å². The lowest BCUT2D eigenvalue weighted by molar-refractivity contribution is -0.150. The number of hydrogen-bond donors (Lipinski definition) is 3. The number of benzene rings is 2. The van der Waals surface area contributed by atoms with Crippen LogP contribution >= 0.6 is 0 Å². The largest absolute Gasteiger partial charge is 0.394 e. The molecule has 8 atom stereocenters. The third-order valence-corrected chi connectivity index (χ3v) is 10.2. The van der Waals surface area contributed by atoms with Gasteiger partial charge in [0.2, 0.25) is 17.7 Å². The van der Waals surface area contributed by atoms with Crippen LogP contribution in [0.2, 0.25) is 0 Å². The maximum Gasteiger partial charge on any atom is 0.250 e. The summed E-state index contributed by atoms with van der Waals surface area (Å²) in [4.78, 5) is 44.4. The van der Waals surface area contributed by atoms with Gasteiger partial charge in [0, 0.05) is 12.2 Å². The zero-order valence-electron chi connectivity index (χ0n) is 24.9. The van der Waals surface area contributed by atoms with Gasteiger partial charge in [0.15, 0.2) is 0 Å². The third-order valence-electron chi connectivity index (χ3n) is 10.2. The van der Waals surface area contributed by atoms with Crippen LogP contribution in [-0.4, -0.2) is 57.6 Å². The van der Waals surface area contributed by atoms with E-state index < -0.39 is 35.1 Å². The molecule has 3 saturated heterocycles. The molecule has 3 amide bonds. The molecule has 3 unspecified atom stereocenters. The number of carbonyl (C=O) groups is 3. The molecule has 0 saturated carbocycles. The second-order valence-corrected chi connectivity index (χ2v) is 12.5. The number of rotatable bonds is 9. The zero-order chi connectivity index (χ0) is 29.7. The number of para-hydroxylation sites is 1. The van der Waals surface area contributed by atoms with Crippen molar-refractivity contribution >= 4 is 23.4 Å². The molecule has 0 radical (unpaired) electrons. The highest BCUT2D eigenvalue weighted by atomic mass is 16.5. The molecule has 8 heteroatoms. The van der Waals surface area contributed by atoms with Crippen molar-refractivity contribution in [1.82, 2.24) is 10.2 Å². The summed E-state index contributed by atoms with van der Waals surface area (Å²) in [5.41, 5.74) is 1.41. The molecule has 220 valence electrons. The molecule has 2 aromatic carbocycles. The lowest BCUT2D eigenvalue weighted by Crippen LogP contribution is -2.57. The standard InChI is InChI=1S/C33H43N3O5/c1-7-19(2)24(18-37)36-28(30(39)35-27-20(3)12-11-13-21(27)4)33-16-22(5)32(6,41-33)25(26(33)31(36)40)29(38)34-17-23-14-9-8-10-15-23/h8-15,19,22,24-26,28,37H,7,16-18H2,1-6H3,(H,34,38)(H,35,39)/t19-,22?,24-,25-,26-,28?,32+,33?/m0/s1. The third kappa shape index (κ3) is 4.56. The van der Waals surface area contributed by atoms with E-state index in [4.69, 9.17) is 4.74 Å². The van der Waals surface area contributed by atoms with Gasteiger partial charge in [-0.05, 0) is 55.7 Å². The van der Waals surface area contributed by atoms with Gasteiger partial charge in [-0.2, -0.15) is 0 Å². The normalized spacial score (nSPS) is 31.6. The van der Waals surface area contributed by atoms with Crippen LogP contribution in [0.5, 0.6) is 0 Å². The molecule has 5 rings (SSSR count). The Kier molecular flexibility index (Phi) is 7.76. The lowest BCUT2D eigenvalue weighted by atomic mass is 9.62. The number of ether oxygens (including phenoxy) is 1. The van der Waals surface area contributed by atoms with Gasteiger partial charge in [0.1, 0.15) is 11.6 Å². The minimum atomic E-state index is -1.18. The monoisotopic (exact) mass is 561 g/mol. The van der Waals surface area contributed by atoms with Crippen molar-refractivity contribution in [2.45, 2.75) is 84.2 Å². The smallest absolute Gasteiger partial charge is 0.250 e. The van der Waals surface area contributed by atoms with Crippen molar-refractivity contribution in [3.05, 3.63) is 65.2 Å². The highest BCUT2D eigenvalue weighted by Crippen LogP contribution is 2.65. The van der Waals surface area contributed by atoms with E-state index in [1.54, 1.807) is 4.90 Å². The van der Waals surface area contributed by atoms with Gasteiger partial charge < -0.3 is 25.4 Å². The number of nitrogens with zero attached hydrogens (tertiary/aromatic N) is 1. The van der Waals surface area contributed by atoms with Crippen LogP contribution in [0.4, 0.5) is 5.69 Å². The Labute approximate surface area is 242 Å². The summed E-state index contributed by atoms with van der Waals surface area (Å²) in [6.07, 6.45) is 1.19. The highest BCUT2D eigenvalue weighted by molar-refractivity contribution is 6.04. The Morgan fingerprint density at radius 3 is 2.37 bits per heavy atom. The molecule has 2 bridgehead atoms. The number of aryl methyl sites for hydroxylation is 2. The molecular weight excluding hydrogens is 518 g/mol. The minimum absolute atomic E-state index is 0.0642. The molecule has 3 N–H and O–H groups in total. The number of fused-ring (bicyclic) bond motifs is 1. The average Bonchev–Trinajstić information content (AvgIpc) is 3.47. The average molecular weight is 562 g/mol. The minimum Gasteiger partial charge on any atom is -0.394 e. The van der Waals surface area contributed by atoms with Crippen molar-refractivity contribution in [3.8, 4) is 0 Å². The van der Waals surface area contributed by atoms with Crippen molar-refractivity contribution in [2.75, 3.05) is 11.9 Å². The van der Waals surface area contributed by atoms with Crippen LogP contribution in [0.15, 0.2) is 48.5 Å². The van der Waals surface area contributed by atoms with Gasteiger partial charge in [-0.1, -0.05) is 75.7 Å². The fourth-order valence-electron chi connectivity index (χ4n) is 7.65. The molecule has 3 heterocycles. The summed E-state index contributed by atoms with van der Waals surface area (Å²) >= 11 is 0. The Morgan fingerprint density at radius 2 is 1.76 bits per heavy atom. The molecule has 0 aromatic heterocycles. The summed E-state index contributed by atoms with van der Waals surface area (Å²) in [5.74, 6) is -2.60. The fraction of sp³-hybridized carbons (Fsp3) is 0.545. The first kappa shape index (κ1) is 29.3. The number of carbonyl (C=O) groups excluding carboxylic acids is 3. The van der Waals surface area contributed by atoms with Gasteiger partial charge in [-0.15, -0.1) is 0 Å². The summed E-state index contributed by atoms with van der Waals surface area (Å²) in [7, 11) is 0. The molecule has 41 heavy (non-hydrogen) atoms. The molecule has 1 spiro atoms. The number of aliphatic hydroxyl groups excluding tert-OH is 1. The van der Waals surface area contributed by atoms with Gasteiger partial charge >= 0.3 is 0 Å².